The van der Waals surface area contributed by atoms with Crippen LogP contribution >= 0.6 is 12.4 Å². The number of nitrogens with two attached hydrogens (primary N) is 2. The fourth-order valence-electron chi connectivity index (χ4n) is 3.19. The topological polar surface area (TPSA) is 122 Å². The number of halogens is 1. The minimum Gasteiger partial charge on any atom is -0.397 e. The number of amides is 1. The molecule has 0 fully saturated rings. The third-order valence-corrected chi connectivity index (χ3v) is 5.03. The predicted octanol–water partition coefficient (Wildman–Crippen LogP) is 4.76. The van der Waals surface area contributed by atoms with Gasteiger partial charge in [-0.2, -0.15) is 0 Å². The van der Waals surface area contributed by atoms with Crippen molar-refractivity contribution in [1.29, 1.82) is 5.41 Å². The van der Waals surface area contributed by atoms with Gasteiger partial charge in [0, 0.05) is 22.3 Å². The first-order valence-corrected chi connectivity index (χ1v) is 9.87. The Kier molecular flexibility index (Phi) is 7.44. The molecule has 7 heteroatoms. The highest BCUT2D eigenvalue weighted by molar-refractivity contribution is 6.17. The molecule has 6 N–H and O–H groups in total. The minimum atomic E-state index is -0.357. The van der Waals surface area contributed by atoms with Crippen LogP contribution < -0.4 is 16.8 Å². The van der Waals surface area contributed by atoms with Crippen LogP contribution in [-0.2, 0) is 5.41 Å². The van der Waals surface area contributed by atoms with Gasteiger partial charge in [0.1, 0.15) is 5.84 Å². The number of anilines is 2. The number of nitrogens with one attached hydrogen (secondary N) is 2. The van der Waals surface area contributed by atoms with Crippen molar-refractivity contribution in [3.05, 3.63) is 94.5 Å². The van der Waals surface area contributed by atoms with Gasteiger partial charge < -0.3 is 16.8 Å². The second kappa shape index (κ2) is 9.66. The number of hydrogen-bond donors (Lipinski definition) is 4. The second-order valence-electron chi connectivity index (χ2n) is 8.37. The molecule has 0 aromatic heterocycles. The number of nitrogen functional groups attached to an aromatic ring is 2. The van der Waals surface area contributed by atoms with Gasteiger partial charge in [-0.15, -0.1) is 12.4 Å². The summed E-state index contributed by atoms with van der Waals surface area (Å²) < 4.78 is 0. The Bertz CT molecular complexity index is 1170. The molecular formula is C25H27ClN4O2. The number of para-hydroxylation sites is 1. The van der Waals surface area contributed by atoms with E-state index in [4.69, 9.17) is 16.9 Å². The van der Waals surface area contributed by atoms with E-state index in [2.05, 4.69) is 26.1 Å². The lowest BCUT2D eigenvalue weighted by molar-refractivity contribution is 0.102. The summed E-state index contributed by atoms with van der Waals surface area (Å²) in [5.74, 6) is -0.812. The number of carbonyl (C=O) groups is 2. The second-order valence-corrected chi connectivity index (χ2v) is 8.37. The van der Waals surface area contributed by atoms with Crippen molar-refractivity contribution in [2.24, 2.45) is 5.73 Å². The maximum absolute atomic E-state index is 13.1. The van der Waals surface area contributed by atoms with Gasteiger partial charge in [0.05, 0.1) is 11.4 Å². The highest BCUT2D eigenvalue weighted by Crippen LogP contribution is 2.28. The van der Waals surface area contributed by atoms with Gasteiger partial charge in [-0.05, 0) is 41.3 Å². The van der Waals surface area contributed by atoms with Crippen molar-refractivity contribution in [2.45, 2.75) is 26.2 Å². The molecule has 1 amide bonds. The molecule has 3 rings (SSSR count). The molecule has 3 aromatic rings. The molecule has 0 atom stereocenters. The first-order chi connectivity index (χ1) is 14.6. The standard InChI is InChI=1S/C25H26N4O2.ClH/c1-25(2,3)18-12-10-15(11-13-18)24(31)29-21-19(8-5-9-20(21)26)22(30)16-6-4-7-17(14-16)23(27)28;/h4-14H,26H2,1-3H3,(H3,27,28)(H,29,31);1H. The van der Waals surface area contributed by atoms with Crippen molar-refractivity contribution in [1.82, 2.24) is 0 Å². The van der Waals surface area contributed by atoms with Crippen molar-refractivity contribution in [3.63, 3.8) is 0 Å². The third kappa shape index (κ3) is 5.34. The molecule has 0 saturated heterocycles. The lowest BCUT2D eigenvalue weighted by Gasteiger charge is -2.19. The molecule has 32 heavy (non-hydrogen) atoms. The number of ketones is 1. The van der Waals surface area contributed by atoms with Crippen molar-refractivity contribution in [3.8, 4) is 0 Å². The molecule has 0 aliphatic heterocycles. The third-order valence-electron chi connectivity index (χ3n) is 5.03. The normalized spacial score (nSPS) is 10.7. The van der Waals surface area contributed by atoms with E-state index >= 15 is 0 Å². The van der Waals surface area contributed by atoms with Gasteiger partial charge >= 0.3 is 0 Å². The van der Waals surface area contributed by atoms with E-state index in [-0.39, 0.29) is 52.3 Å². The van der Waals surface area contributed by atoms with Gasteiger partial charge in [-0.25, -0.2) is 0 Å². The molecule has 0 heterocycles. The van der Waals surface area contributed by atoms with Crippen molar-refractivity contribution >= 4 is 41.3 Å². The van der Waals surface area contributed by atoms with E-state index in [1.54, 1.807) is 54.6 Å². The SMILES string of the molecule is CC(C)(C)c1ccc(C(=O)Nc2c(N)cccc2C(=O)c2cccc(C(=N)N)c2)cc1.Cl. The van der Waals surface area contributed by atoms with Crippen LogP contribution in [0.4, 0.5) is 11.4 Å². The fraction of sp³-hybridized carbons (Fsp3) is 0.160. The monoisotopic (exact) mass is 450 g/mol. The Hall–Kier alpha value is -3.64. The van der Waals surface area contributed by atoms with Crippen LogP contribution in [0.2, 0.25) is 0 Å². The lowest BCUT2D eigenvalue weighted by atomic mass is 9.86. The van der Waals surface area contributed by atoms with Gasteiger partial charge in [-0.3, -0.25) is 15.0 Å². The molecule has 0 bridgehead atoms. The quantitative estimate of drug-likeness (QED) is 0.194. The van der Waals surface area contributed by atoms with Gasteiger partial charge in [0.25, 0.3) is 5.91 Å². The maximum atomic E-state index is 13.1. The summed E-state index contributed by atoms with van der Waals surface area (Å²) in [4.78, 5) is 26.0. The molecule has 3 aromatic carbocycles. The van der Waals surface area contributed by atoms with Crippen LogP contribution in [0.3, 0.4) is 0 Å². The number of rotatable bonds is 5. The van der Waals surface area contributed by atoms with Gasteiger partial charge in [-0.1, -0.05) is 57.2 Å². The van der Waals surface area contributed by atoms with Crippen LogP contribution in [0.1, 0.15) is 58.2 Å². The summed E-state index contributed by atoms with van der Waals surface area (Å²) in [6.07, 6.45) is 0. The van der Waals surface area contributed by atoms with E-state index in [1.165, 1.54) is 0 Å². The summed E-state index contributed by atoms with van der Waals surface area (Å²) in [5, 5.41) is 10.4. The minimum absolute atomic E-state index is 0. The van der Waals surface area contributed by atoms with E-state index in [1.807, 2.05) is 12.1 Å². The summed E-state index contributed by atoms with van der Waals surface area (Å²) in [5.41, 5.74) is 14.8. The molecule has 0 radical (unpaired) electrons. The zero-order chi connectivity index (χ0) is 22.8. The van der Waals surface area contributed by atoms with Crippen LogP contribution in [0.25, 0.3) is 0 Å². The maximum Gasteiger partial charge on any atom is 0.255 e. The highest BCUT2D eigenvalue weighted by Gasteiger charge is 2.19. The Morgan fingerprint density at radius 1 is 0.875 bits per heavy atom. The first kappa shape index (κ1) is 24.6. The zero-order valence-electron chi connectivity index (χ0n) is 18.2. The summed E-state index contributed by atoms with van der Waals surface area (Å²) in [7, 11) is 0. The van der Waals surface area contributed by atoms with E-state index in [0.717, 1.165) is 5.56 Å². The van der Waals surface area contributed by atoms with E-state index in [0.29, 0.717) is 16.7 Å². The smallest absolute Gasteiger partial charge is 0.255 e. The van der Waals surface area contributed by atoms with Gasteiger partial charge in [0.2, 0.25) is 0 Å². The summed E-state index contributed by atoms with van der Waals surface area (Å²) in [6.45, 7) is 6.31. The Balaban J connectivity index is 0.00000363. The van der Waals surface area contributed by atoms with Crippen molar-refractivity contribution < 1.29 is 9.59 Å². The van der Waals surface area contributed by atoms with Crippen LogP contribution in [-0.4, -0.2) is 17.5 Å². The Morgan fingerprint density at radius 3 is 2.06 bits per heavy atom. The number of benzene rings is 3. The predicted molar refractivity (Wildman–Crippen MR) is 132 cm³/mol. The number of carbonyl (C=O) groups excluding carboxylic acids is 2. The fourth-order valence-corrected chi connectivity index (χ4v) is 3.19. The molecule has 166 valence electrons. The summed E-state index contributed by atoms with van der Waals surface area (Å²) >= 11 is 0. The Labute approximate surface area is 193 Å². The molecule has 0 unspecified atom stereocenters. The van der Waals surface area contributed by atoms with Crippen LogP contribution in [0.15, 0.2) is 66.7 Å². The summed E-state index contributed by atoms with van der Waals surface area (Å²) in [6, 6.07) is 18.7. The van der Waals surface area contributed by atoms with Gasteiger partial charge in [0.15, 0.2) is 5.78 Å². The lowest BCUT2D eigenvalue weighted by Crippen LogP contribution is -2.18. The molecular weight excluding hydrogens is 424 g/mol. The number of amidine groups is 1. The average Bonchev–Trinajstić information content (AvgIpc) is 2.74. The molecule has 6 nitrogen and oxygen atoms in total. The number of hydrogen-bond acceptors (Lipinski definition) is 4. The van der Waals surface area contributed by atoms with Crippen LogP contribution in [0, 0.1) is 5.41 Å². The largest absolute Gasteiger partial charge is 0.397 e. The molecule has 0 spiro atoms. The zero-order valence-corrected chi connectivity index (χ0v) is 19.0. The molecule has 0 aliphatic rings. The first-order valence-electron chi connectivity index (χ1n) is 9.87. The van der Waals surface area contributed by atoms with E-state index in [9.17, 15) is 9.59 Å². The molecule has 0 aliphatic carbocycles. The van der Waals surface area contributed by atoms with E-state index < -0.39 is 0 Å². The average molecular weight is 451 g/mol. The highest BCUT2D eigenvalue weighted by atomic mass is 35.5. The van der Waals surface area contributed by atoms with Crippen molar-refractivity contribution in [2.75, 3.05) is 11.1 Å². The van der Waals surface area contributed by atoms with Crippen LogP contribution in [0.5, 0.6) is 0 Å². The Morgan fingerprint density at radius 2 is 1.47 bits per heavy atom. The molecule has 0 saturated carbocycles.